The average molecular weight is 506 g/mol. The van der Waals surface area contributed by atoms with Crippen molar-refractivity contribution >= 4 is 11.3 Å². The number of rotatable bonds is 10. The summed E-state index contributed by atoms with van der Waals surface area (Å²) in [5.74, 6) is -0.278. The highest BCUT2D eigenvalue weighted by Crippen LogP contribution is 2.39. The molecule has 1 aromatic heterocycles. The predicted molar refractivity (Wildman–Crippen MR) is 113 cm³/mol. The fourth-order valence-electron chi connectivity index (χ4n) is 2.92. The van der Waals surface area contributed by atoms with Crippen molar-refractivity contribution in [2.24, 2.45) is 0 Å². The highest BCUT2D eigenvalue weighted by atomic mass is 32.1. The first kappa shape index (κ1) is 25.8. The van der Waals surface area contributed by atoms with Crippen LogP contribution in [-0.4, -0.2) is 35.1 Å². The smallest absolute Gasteiger partial charge is 0.419 e. The lowest BCUT2D eigenvalue weighted by atomic mass is 10.1. The van der Waals surface area contributed by atoms with Gasteiger partial charge < -0.3 is 14.6 Å². The van der Waals surface area contributed by atoms with E-state index in [0.717, 1.165) is 29.5 Å². The minimum absolute atomic E-state index is 0.0339. The van der Waals surface area contributed by atoms with Crippen LogP contribution in [0.25, 0.3) is 10.6 Å². The highest BCUT2D eigenvalue weighted by molar-refractivity contribution is 7.14. The van der Waals surface area contributed by atoms with Crippen molar-refractivity contribution in [2.45, 2.75) is 31.6 Å². The zero-order valence-electron chi connectivity index (χ0n) is 17.6. The second kappa shape index (κ2) is 11.0. The van der Waals surface area contributed by atoms with Gasteiger partial charge in [-0.15, -0.1) is 10.2 Å². The molecule has 0 unspecified atom stereocenters. The fraction of sp³-hybridized carbons (Fsp3) is 0.364. The van der Waals surface area contributed by atoms with Gasteiger partial charge in [-0.3, -0.25) is 0 Å². The fourth-order valence-corrected chi connectivity index (χ4v) is 3.74. The predicted octanol–water partition coefficient (Wildman–Crippen LogP) is 6.02. The van der Waals surface area contributed by atoms with Crippen LogP contribution in [0.4, 0.5) is 26.3 Å². The third-order valence-electron chi connectivity index (χ3n) is 4.55. The van der Waals surface area contributed by atoms with Gasteiger partial charge in [-0.25, -0.2) is 0 Å². The Labute approximate surface area is 195 Å². The molecule has 0 aliphatic carbocycles. The molecule has 0 bridgehead atoms. The largest absolute Gasteiger partial charge is 0.494 e. The van der Waals surface area contributed by atoms with Crippen LogP contribution in [0.15, 0.2) is 42.5 Å². The molecule has 0 fully saturated rings. The van der Waals surface area contributed by atoms with Gasteiger partial charge in [-0.05, 0) is 49.2 Å². The van der Waals surface area contributed by atoms with Gasteiger partial charge in [0.1, 0.15) is 21.5 Å². The molecule has 3 aromatic rings. The Morgan fingerprint density at radius 3 is 2.26 bits per heavy atom. The van der Waals surface area contributed by atoms with Gasteiger partial charge in [0.15, 0.2) is 0 Å². The maximum absolute atomic E-state index is 13.6. The van der Waals surface area contributed by atoms with E-state index in [9.17, 15) is 26.3 Å². The molecule has 0 saturated carbocycles. The lowest BCUT2D eigenvalue weighted by Crippen LogP contribution is -2.10. The zero-order valence-corrected chi connectivity index (χ0v) is 18.4. The van der Waals surface area contributed by atoms with E-state index >= 15 is 0 Å². The molecule has 5 nitrogen and oxygen atoms in total. The number of hydrogen-bond donors (Lipinski definition) is 1. The number of halogens is 6. The molecular weight excluding hydrogens is 486 g/mol. The van der Waals surface area contributed by atoms with Crippen molar-refractivity contribution in [2.75, 3.05) is 19.8 Å². The number of alkyl halides is 6. The van der Waals surface area contributed by atoms with Crippen molar-refractivity contribution < 1.29 is 40.9 Å². The molecular formula is C22H20F6N2O3S. The molecule has 0 spiro atoms. The molecule has 1 heterocycles. The summed E-state index contributed by atoms with van der Waals surface area (Å²) in [6.45, 7) is -0.0863. The quantitative estimate of drug-likeness (QED) is 0.269. The SMILES string of the molecule is OCCc1nnc(-c2ccc(OCCCCOc3cccc(C(F)(F)F)c3)c(C(F)(F)F)c2)s1. The van der Waals surface area contributed by atoms with E-state index in [1.807, 2.05) is 0 Å². The van der Waals surface area contributed by atoms with Crippen molar-refractivity contribution in [1.82, 2.24) is 10.2 Å². The van der Waals surface area contributed by atoms with E-state index in [1.165, 1.54) is 24.3 Å². The molecule has 0 radical (unpaired) electrons. The van der Waals surface area contributed by atoms with Gasteiger partial charge in [0, 0.05) is 18.6 Å². The van der Waals surface area contributed by atoms with Crippen molar-refractivity contribution in [3.8, 4) is 22.1 Å². The normalized spacial score (nSPS) is 12.1. The number of nitrogens with zero attached hydrogens (tertiary/aromatic N) is 2. The first-order valence-electron chi connectivity index (χ1n) is 10.2. The third-order valence-corrected chi connectivity index (χ3v) is 5.58. The van der Waals surface area contributed by atoms with Gasteiger partial charge in [-0.1, -0.05) is 17.4 Å². The Hall–Kier alpha value is -2.86. The number of aliphatic hydroxyl groups excluding tert-OH is 1. The Kier molecular flexibility index (Phi) is 8.37. The minimum atomic E-state index is -4.66. The van der Waals surface area contributed by atoms with Gasteiger partial charge in [0.05, 0.1) is 24.3 Å². The summed E-state index contributed by atoms with van der Waals surface area (Å²) in [5, 5.41) is 17.5. The summed E-state index contributed by atoms with van der Waals surface area (Å²) in [5.41, 5.74) is -1.55. The summed E-state index contributed by atoms with van der Waals surface area (Å²) < 4.78 is 89.5. The Balaban J connectivity index is 1.55. The molecule has 34 heavy (non-hydrogen) atoms. The van der Waals surface area contributed by atoms with Crippen LogP contribution < -0.4 is 9.47 Å². The first-order valence-corrected chi connectivity index (χ1v) is 11.0. The second-order valence-electron chi connectivity index (χ2n) is 7.11. The standard InChI is InChI=1S/C22H20F6N2O3S/c23-21(24,25)15-4-3-5-16(13-15)32-10-1-2-11-33-18-7-6-14(12-17(18)22(26,27)28)20-30-29-19(34-20)8-9-31/h3-7,12-13,31H,1-2,8-11H2. The number of aromatic nitrogens is 2. The van der Waals surface area contributed by atoms with E-state index in [1.54, 1.807) is 0 Å². The van der Waals surface area contributed by atoms with Gasteiger partial charge >= 0.3 is 12.4 Å². The summed E-state index contributed by atoms with van der Waals surface area (Å²) in [4.78, 5) is 0. The van der Waals surface area contributed by atoms with Gasteiger partial charge in [-0.2, -0.15) is 26.3 Å². The van der Waals surface area contributed by atoms with E-state index in [-0.39, 0.29) is 43.3 Å². The molecule has 0 saturated heterocycles. The Bertz CT molecular complexity index is 1080. The summed E-state index contributed by atoms with van der Waals surface area (Å²) in [7, 11) is 0. The number of benzene rings is 2. The van der Waals surface area contributed by atoms with Gasteiger partial charge in [0.2, 0.25) is 0 Å². The summed E-state index contributed by atoms with van der Waals surface area (Å²) >= 11 is 1.10. The number of ether oxygens (including phenoxy) is 2. The van der Waals surface area contributed by atoms with Crippen LogP contribution in [0.3, 0.4) is 0 Å². The van der Waals surface area contributed by atoms with Crippen LogP contribution in [0.2, 0.25) is 0 Å². The highest BCUT2D eigenvalue weighted by Gasteiger charge is 2.35. The molecule has 1 N–H and O–H groups in total. The molecule has 0 amide bonds. The van der Waals surface area contributed by atoms with Crippen molar-refractivity contribution in [3.63, 3.8) is 0 Å². The van der Waals surface area contributed by atoms with Crippen LogP contribution in [0.1, 0.15) is 29.0 Å². The molecule has 12 heteroatoms. The Morgan fingerprint density at radius 2 is 1.59 bits per heavy atom. The molecule has 0 aliphatic rings. The number of unbranched alkanes of at least 4 members (excludes halogenated alkanes) is 1. The maximum Gasteiger partial charge on any atom is 0.419 e. The van der Waals surface area contributed by atoms with E-state index in [0.29, 0.717) is 22.9 Å². The Morgan fingerprint density at radius 1 is 0.853 bits per heavy atom. The van der Waals surface area contributed by atoms with Crippen LogP contribution >= 0.6 is 11.3 Å². The summed E-state index contributed by atoms with van der Waals surface area (Å²) in [6, 6.07) is 8.05. The lowest BCUT2D eigenvalue weighted by Gasteiger charge is -2.15. The van der Waals surface area contributed by atoms with E-state index in [2.05, 4.69) is 10.2 Å². The van der Waals surface area contributed by atoms with Gasteiger partial charge in [0.25, 0.3) is 0 Å². The lowest BCUT2D eigenvalue weighted by molar-refractivity contribution is -0.139. The van der Waals surface area contributed by atoms with Crippen molar-refractivity contribution in [3.05, 3.63) is 58.6 Å². The van der Waals surface area contributed by atoms with Crippen LogP contribution in [-0.2, 0) is 18.8 Å². The first-order chi connectivity index (χ1) is 16.1. The van der Waals surface area contributed by atoms with E-state index < -0.39 is 23.5 Å². The third kappa shape index (κ3) is 7.07. The molecule has 2 aromatic carbocycles. The van der Waals surface area contributed by atoms with Crippen LogP contribution in [0.5, 0.6) is 11.5 Å². The second-order valence-corrected chi connectivity index (χ2v) is 8.17. The average Bonchev–Trinajstić information content (AvgIpc) is 3.24. The minimum Gasteiger partial charge on any atom is -0.494 e. The molecule has 184 valence electrons. The topological polar surface area (TPSA) is 64.5 Å². The maximum atomic E-state index is 13.6. The zero-order chi connectivity index (χ0) is 24.8. The monoisotopic (exact) mass is 506 g/mol. The number of hydrogen-bond acceptors (Lipinski definition) is 6. The summed E-state index contributed by atoms with van der Waals surface area (Å²) in [6.07, 6.45) is -8.16. The van der Waals surface area contributed by atoms with Crippen molar-refractivity contribution in [1.29, 1.82) is 0 Å². The molecule has 0 aliphatic heterocycles. The van der Waals surface area contributed by atoms with Crippen LogP contribution in [0, 0.1) is 0 Å². The molecule has 3 rings (SSSR count). The number of aliphatic hydroxyl groups is 1. The van der Waals surface area contributed by atoms with E-state index in [4.69, 9.17) is 14.6 Å². The molecule has 0 atom stereocenters.